The van der Waals surface area contributed by atoms with Crippen molar-refractivity contribution in [2.75, 3.05) is 0 Å². The summed E-state index contributed by atoms with van der Waals surface area (Å²) in [7, 11) is 0. The summed E-state index contributed by atoms with van der Waals surface area (Å²) in [5.74, 6) is 0. The second-order valence-corrected chi connectivity index (χ2v) is 2.80. The van der Waals surface area contributed by atoms with E-state index in [0.717, 1.165) is 24.1 Å². The van der Waals surface area contributed by atoms with Crippen LogP contribution in [-0.4, -0.2) is 12.4 Å². The van der Waals surface area contributed by atoms with Crippen LogP contribution >= 0.6 is 0 Å². The summed E-state index contributed by atoms with van der Waals surface area (Å²) in [5, 5.41) is 7.58. The summed E-state index contributed by atoms with van der Waals surface area (Å²) in [5.41, 5.74) is 2.15. The molecule has 0 aromatic heterocycles. The van der Waals surface area contributed by atoms with Crippen LogP contribution in [0.1, 0.15) is 25.3 Å². The number of nitrogens with zero attached hydrogens (tertiary/aromatic N) is 2. The van der Waals surface area contributed by atoms with Gasteiger partial charge in [0.1, 0.15) is 0 Å². The first kappa shape index (κ1) is 9.65. The molecule has 2 heteroatoms. The highest BCUT2D eigenvalue weighted by atomic mass is 15.2. The Hall–Kier alpha value is -1.44. The second kappa shape index (κ2) is 5.25. The van der Waals surface area contributed by atoms with E-state index in [0.29, 0.717) is 0 Å². The number of hydrogen-bond donors (Lipinski definition) is 0. The standard InChI is InChI=1S/C11H14N2/c1-3-7-11(13-12-2)10-8-5-4-6-9-10/h4-6,8-9H,2-3,7H2,1H3/b13-11+. The summed E-state index contributed by atoms with van der Waals surface area (Å²) < 4.78 is 0. The zero-order chi connectivity index (χ0) is 9.52. The highest BCUT2D eigenvalue weighted by Gasteiger charge is 2.00. The van der Waals surface area contributed by atoms with E-state index in [1.54, 1.807) is 0 Å². The lowest BCUT2D eigenvalue weighted by atomic mass is 10.1. The zero-order valence-corrected chi connectivity index (χ0v) is 7.90. The van der Waals surface area contributed by atoms with Crippen LogP contribution in [-0.2, 0) is 0 Å². The van der Waals surface area contributed by atoms with E-state index in [9.17, 15) is 0 Å². The first-order valence-electron chi connectivity index (χ1n) is 4.46. The summed E-state index contributed by atoms with van der Waals surface area (Å²) in [6, 6.07) is 10.1. The van der Waals surface area contributed by atoms with Gasteiger partial charge in [-0.2, -0.15) is 10.2 Å². The average Bonchev–Trinajstić information content (AvgIpc) is 2.19. The van der Waals surface area contributed by atoms with E-state index in [4.69, 9.17) is 0 Å². The second-order valence-electron chi connectivity index (χ2n) is 2.80. The minimum Gasteiger partial charge on any atom is -0.167 e. The first-order valence-corrected chi connectivity index (χ1v) is 4.46. The predicted octanol–water partition coefficient (Wildman–Crippen LogP) is 2.89. The lowest BCUT2D eigenvalue weighted by molar-refractivity contribution is 0.983. The maximum Gasteiger partial charge on any atom is 0.0702 e. The van der Waals surface area contributed by atoms with Crippen molar-refractivity contribution in [2.24, 2.45) is 10.2 Å². The molecule has 0 aliphatic heterocycles. The molecule has 0 unspecified atom stereocenters. The molecule has 0 radical (unpaired) electrons. The highest BCUT2D eigenvalue weighted by molar-refractivity contribution is 6.00. The van der Waals surface area contributed by atoms with Crippen LogP contribution in [0, 0.1) is 0 Å². The summed E-state index contributed by atoms with van der Waals surface area (Å²) in [4.78, 5) is 0. The molecule has 1 aromatic rings. The molecule has 1 aromatic carbocycles. The monoisotopic (exact) mass is 174 g/mol. The normalized spacial score (nSPS) is 11.3. The molecular weight excluding hydrogens is 160 g/mol. The van der Waals surface area contributed by atoms with Crippen molar-refractivity contribution in [3.63, 3.8) is 0 Å². The molecule has 13 heavy (non-hydrogen) atoms. The molecule has 0 saturated carbocycles. The van der Waals surface area contributed by atoms with Gasteiger partial charge in [-0.25, -0.2) is 0 Å². The van der Waals surface area contributed by atoms with Crippen molar-refractivity contribution in [1.29, 1.82) is 0 Å². The smallest absolute Gasteiger partial charge is 0.0702 e. The summed E-state index contributed by atoms with van der Waals surface area (Å²) in [6.45, 7) is 5.50. The van der Waals surface area contributed by atoms with Crippen molar-refractivity contribution in [1.82, 2.24) is 0 Å². The van der Waals surface area contributed by atoms with Crippen molar-refractivity contribution in [3.05, 3.63) is 35.9 Å². The van der Waals surface area contributed by atoms with Crippen molar-refractivity contribution in [3.8, 4) is 0 Å². The number of rotatable bonds is 4. The van der Waals surface area contributed by atoms with Gasteiger partial charge in [-0.3, -0.25) is 0 Å². The Labute approximate surface area is 79.0 Å². The number of hydrogen-bond acceptors (Lipinski definition) is 2. The van der Waals surface area contributed by atoms with Crippen LogP contribution in [0.2, 0.25) is 0 Å². The third-order valence-electron chi connectivity index (χ3n) is 1.79. The summed E-state index contributed by atoms with van der Waals surface area (Å²) >= 11 is 0. The molecule has 0 spiro atoms. The van der Waals surface area contributed by atoms with Crippen LogP contribution < -0.4 is 0 Å². The highest BCUT2D eigenvalue weighted by Crippen LogP contribution is 2.06. The van der Waals surface area contributed by atoms with Crippen LogP contribution in [0.15, 0.2) is 40.5 Å². The molecule has 68 valence electrons. The Bertz CT molecular complexity index is 288. The van der Waals surface area contributed by atoms with Gasteiger partial charge in [-0.05, 0) is 12.0 Å². The lowest BCUT2D eigenvalue weighted by Crippen LogP contribution is -1.98. The molecule has 0 N–H and O–H groups in total. The topological polar surface area (TPSA) is 24.7 Å². The molecule has 0 aliphatic rings. The molecule has 2 nitrogen and oxygen atoms in total. The molecule has 0 amide bonds. The SMILES string of the molecule is C=N/N=C(\CCC)c1ccccc1. The number of benzene rings is 1. The molecule has 0 heterocycles. The van der Waals surface area contributed by atoms with Gasteiger partial charge in [0.25, 0.3) is 0 Å². The Morgan fingerprint density at radius 2 is 2.00 bits per heavy atom. The third-order valence-corrected chi connectivity index (χ3v) is 1.79. The van der Waals surface area contributed by atoms with E-state index >= 15 is 0 Å². The van der Waals surface area contributed by atoms with E-state index in [1.807, 2.05) is 30.3 Å². The van der Waals surface area contributed by atoms with Gasteiger partial charge in [0.2, 0.25) is 0 Å². The van der Waals surface area contributed by atoms with Gasteiger partial charge in [0.15, 0.2) is 0 Å². The molecule has 0 fully saturated rings. The largest absolute Gasteiger partial charge is 0.167 e. The predicted molar refractivity (Wildman–Crippen MR) is 57.4 cm³/mol. The van der Waals surface area contributed by atoms with Crippen molar-refractivity contribution < 1.29 is 0 Å². The van der Waals surface area contributed by atoms with Crippen LogP contribution in [0.3, 0.4) is 0 Å². The lowest BCUT2D eigenvalue weighted by Gasteiger charge is -2.01. The quantitative estimate of drug-likeness (QED) is 0.495. The Kier molecular flexibility index (Phi) is 3.89. The van der Waals surface area contributed by atoms with Gasteiger partial charge in [0, 0.05) is 6.72 Å². The van der Waals surface area contributed by atoms with E-state index < -0.39 is 0 Å². The van der Waals surface area contributed by atoms with Crippen LogP contribution in [0.25, 0.3) is 0 Å². The molecule has 0 aliphatic carbocycles. The zero-order valence-electron chi connectivity index (χ0n) is 7.90. The molecule has 1 rings (SSSR count). The maximum absolute atomic E-state index is 4.01. The fraction of sp³-hybridized carbons (Fsp3) is 0.273. The Balaban J connectivity index is 2.89. The van der Waals surface area contributed by atoms with Gasteiger partial charge in [-0.1, -0.05) is 43.7 Å². The fourth-order valence-corrected chi connectivity index (χ4v) is 1.20. The first-order chi connectivity index (χ1) is 6.38. The van der Waals surface area contributed by atoms with Gasteiger partial charge in [-0.15, -0.1) is 0 Å². The Morgan fingerprint density at radius 1 is 1.31 bits per heavy atom. The van der Waals surface area contributed by atoms with Crippen molar-refractivity contribution >= 4 is 12.4 Å². The Morgan fingerprint density at radius 3 is 2.54 bits per heavy atom. The van der Waals surface area contributed by atoms with E-state index in [-0.39, 0.29) is 0 Å². The minimum atomic E-state index is 0.947. The van der Waals surface area contributed by atoms with Crippen LogP contribution in [0.4, 0.5) is 0 Å². The molecule has 0 atom stereocenters. The summed E-state index contributed by atoms with van der Waals surface area (Å²) in [6.07, 6.45) is 2.02. The fourth-order valence-electron chi connectivity index (χ4n) is 1.20. The molecular formula is C11H14N2. The average molecular weight is 174 g/mol. The van der Waals surface area contributed by atoms with Gasteiger partial charge < -0.3 is 0 Å². The molecule has 0 saturated heterocycles. The third kappa shape index (κ3) is 2.82. The van der Waals surface area contributed by atoms with Gasteiger partial charge in [0.05, 0.1) is 5.71 Å². The van der Waals surface area contributed by atoms with Crippen LogP contribution in [0.5, 0.6) is 0 Å². The van der Waals surface area contributed by atoms with Crippen molar-refractivity contribution in [2.45, 2.75) is 19.8 Å². The van der Waals surface area contributed by atoms with E-state index in [2.05, 4.69) is 23.8 Å². The minimum absolute atomic E-state index is 0.947. The maximum atomic E-state index is 4.01. The molecule has 0 bridgehead atoms. The van der Waals surface area contributed by atoms with E-state index in [1.165, 1.54) is 0 Å². The van der Waals surface area contributed by atoms with Gasteiger partial charge >= 0.3 is 0 Å².